The summed E-state index contributed by atoms with van der Waals surface area (Å²) in [6, 6.07) is 12.2. The number of rotatable bonds is 12. The van der Waals surface area contributed by atoms with Gasteiger partial charge in [-0.2, -0.15) is 0 Å². The number of benzene rings is 2. The molecule has 10 heteroatoms. The minimum Gasteiger partial charge on any atom is -0.508 e. The average molecular weight is 538 g/mol. The van der Waals surface area contributed by atoms with Crippen LogP contribution in [0.2, 0.25) is 0 Å². The monoisotopic (exact) mass is 537 g/mol. The first kappa shape index (κ1) is 29.6. The number of hydrogen-bond acceptors (Lipinski definition) is 6. The van der Waals surface area contributed by atoms with Crippen LogP contribution in [0.25, 0.3) is 0 Å². The van der Waals surface area contributed by atoms with E-state index in [-0.39, 0.29) is 30.4 Å². The van der Waals surface area contributed by atoms with Crippen molar-refractivity contribution >= 4 is 23.6 Å². The van der Waals surface area contributed by atoms with Gasteiger partial charge in [0.05, 0.1) is 6.04 Å². The molecule has 2 aromatic rings. The van der Waals surface area contributed by atoms with Crippen molar-refractivity contribution in [2.24, 2.45) is 17.4 Å². The summed E-state index contributed by atoms with van der Waals surface area (Å²) in [6.45, 7) is 4.22. The van der Waals surface area contributed by atoms with E-state index in [1.54, 1.807) is 12.1 Å². The first-order valence-corrected chi connectivity index (χ1v) is 13.3. The molecular formula is C29H39N5O5. The molecule has 1 fully saturated rings. The minimum atomic E-state index is -0.975. The third-order valence-corrected chi connectivity index (χ3v) is 6.83. The Morgan fingerprint density at radius 2 is 1.59 bits per heavy atom. The Labute approximate surface area is 229 Å². The number of amides is 4. The maximum absolute atomic E-state index is 13.4. The van der Waals surface area contributed by atoms with Crippen LogP contribution in [-0.4, -0.2) is 64.3 Å². The molecule has 0 unspecified atom stereocenters. The molecule has 39 heavy (non-hydrogen) atoms. The van der Waals surface area contributed by atoms with Gasteiger partial charge in [0.15, 0.2) is 0 Å². The van der Waals surface area contributed by atoms with Crippen LogP contribution in [0.15, 0.2) is 54.6 Å². The molecule has 0 saturated carbocycles. The summed E-state index contributed by atoms with van der Waals surface area (Å²) in [4.78, 5) is 53.4. The predicted octanol–water partition coefficient (Wildman–Crippen LogP) is 0.997. The van der Waals surface area contributed by atoms with Gasteiger partial charge in [0.25, 0.3) is 0 Å². The van der Waals surface area contributed by atoms with Crippen molar-refractivity contribution in [2.75, 3.05) is 6.54 Å². The Bertz CT molecular complexity index is 1140. The van der Waals surface area contributed by atoms with E-state index in [0.717, 1.165) is 11.1 Å². The molecular weight excluding hydrogens is 498 g/mol. The van der Waals surface area contributed by atoms with Crippen molar-refractivity contribution in [3.8, 4) is 5.75 Å². The van der Waals surface area contributed by atoms with E-state index >= 15 is 0 Å². The third kappa shape index (κ3) is 8.54. The topological polar surface area (TPSA) is 168 Å². The van der Waals surface area contributed by atoms with E-state index in [1.165, 1.54) is 17.0 Å². The molecule has 2 aromatic carbocycles. The lowest BCUT2D eigenvalue weighted by Crippen LogP contribution is -2.57. The first-order valence-electron chi connectivity index (χ1n) is 13.3. The second kappa shape index (κ2) is 13.7. The van der Waals surface area contributed by atoms with Gasteiger partial charge in [0.1, 0.15) is 23.9 Å². The van der Waals surface area contributed by atoms with Crippen molar-refractivity contribution < 1.29 is 24.3 Å². The summed E-state index contributed by atoms with van der Waals surface area (Å²) in [5.41, 5.74) is 13.3. The number of nitrogens with two attached hydrogens (primary N) is 2. The molecule has 10 nitrogen and oxygen atoms in total. The molecule has 0 aromatic heterocycles. The molecule has 0 spiro atoms. The lowest BCUT2D eigenvalue weighted by molar-refractivity contribution is -0.140. The number of carbonyl (C=O) groups is 4. The Morgan fingerprint density at radius 1 is 0.949 bits per heavy atom. The molecule has 4 amide bonds. The summed E-state index contributed by atoms with van der Waals surface area (Å²) >= 11 is 0. The van der Waals surface area contributed by atoms with Crippen LogP contribution in [0.1, 0.15) is 44.2 Å². The highest BCUT2D eigenvalue weighted by molar-refractivity contribution is 5.95. The smallest absolute Gasteiger partial charge is 0.243 e. The van der Waals surface area contributed by atoms with Gasteiger partial charge in [-0.25, -0.2) is 0 Å². The van der Waals surface area contributed by atoms with Crippen LogP contribution in [0, 0.1) is 5.92 Å². The van der Waals surface area contributed by atoms with Gasteiger partial charge in [0.2, 0.25) is 23.6 Å². The van der Waals surface area contributed by atoms with Gasteiger partial charge in [-0.05, 0) is 54.9 Å². The van der Waals surface area contributed by atoms with Gasteiger partial charge in [-0.3, -0.25) is 19.2 Å². The lowest BCUT2D eigenvalue weighted by Gasteiger charge is -2.29. The van der Waals surface area contributed by atoms with Crippen molar-refractivity contribution in [3.05, 3.63) is 65.7 Å². The number of primary amides is 1. The van der Waals surface area contributed by atoms with Crippen molar-refractivity contribution in [2.45, 2.75) is 70.1 Å². The van der Waals surface area contributed by atoms with E-state index in [0.29, 0.717) is 25.8 Å². The molecule has 3 rings (SSSR count). The lowest BCUT2D eigenvalue weighted by atomic mass is 10.0. The van der Waals surface area contributed by atoms with Gasteiger partial charge in [0, 0.05) is 13.0 Å². The summed E-state index contributed by atoms with van der Waals surface area (Å²) < 4.78 is 0. The highest BCUT2D eigenvalue weighted by atomic mass is 16.3. The van der Waals surface area contributed by atoms with Crippen LogP contribution >= 0.6 is 0 Å². The Morgan fingerprint density at radius 3 is 2.21 bits per heavy atom. The predicted molar refractivity (Wildman–Crippen MR) is 147 cm³/mol. The fourth-order valence-electron chi connectivity index (χ4n) is 4.81. The zero-order chi connectivity index (χ0) is 28.5. The summed E-state index contributed by atoms with van der Waals surface area (Å²) in [5, 5.41) is 15.0. The number of carbonyl (C=O) groups excluding carboxylic acids is 4. The normalized spacial score (nSPS) is 17.3. The Kier molecular flexibility index (Phi) is 10.4. The van der Waals surface area contributed by atoms with E-state index in [4.69, 9.17) is 11.5 Å². The molecule has 0 radical (unpaired) electrons. The number of phenolic OH excluding ortho intramolecular Hbond substituents is 1. The highest BCUT2D eigenvalue weighted by Crippen LogP contribution is 2.20. The maximum atomic E-state index is 13.4. The zero-order valence-corrected chi connectivity index (χ0v) is 22.5. The minimum absolute atomic E-state index is 0.119. The molecule has 1 aliphatic rings. The van der Waals surface area contributed by atoms with Gasteiger partial charge in [-0.15, -0.1) is 0 Å². The zero-order valence-electron chi connectivity index (χ0n) is 22.5. The summed E-state index contributed by atoms with van der Waals surface area (Å²) in [6.07, 6.45) is 1.90. The molecule has 1 saturated heterocycles. The van der Waals surface area contributed by atoms with Crippen LogP contribution < -0.4 is 22.1 Å². The molecule has 1 heterocycles. The van der Waals surface area contributed by atoms with E-state index in [2.05, 4.69) is 10.6 Å². The summed E-state index contributed by atoms with van der Waals surface area (Å²) in [7, 11) is 0. The SMILES string of the molecule is CC(C)C[C@@H](NC(=O)[C@H](Cc1ccccc1)NC(=O)[C@@H]1CCCN1C(=O)[C@@H](N)Cc1ccc(O)cc1)C(N)=O. The second-order valence-corrected chi connectivity index (χ2v) is 10.5. The number of likely N-dealkylation sites (tertiary alicyclic amines) is 1. The van der Waals surface area contributed by atoms with Crippen LogP contribution in [0.3, 0.4) is 0 Å². The number of aromatic hydroxyl groups is 1. The fraction of sp³-hybridized carbons (Fsp3) is 0.448. The molecule has 7 N–H and O–H groups in total. The second-order valence-electron chi connectivity index (χ2n) is 10.5. The molecule has 1 aliphatic heterocycles. The third-order valence-electron chi connectivity index (χ3n) is 6.83. The van der Waals surface area contributed by atoms with E-state index < -0.39 is 41.9 Å². The molecule has 4 atom stereocenters. The Balaban J connectivity index is 1.72. The molecule has 0 aliphatic carbocycles. The highest BCUT2D eigenvalue weighted by Gasteiger charge is 2.38. The van der Waals surface area contributed by atoms with E-state index in [1.807, 2.05) is 44.2 Å². The largest absolute Gasteiger partial charge is 0.508 e. The fourth-order valence-corrected chi connectivity index (χ4v) is 4.81. The van der Waals surface area contributed by atoms with Crippen molar-refractivity contribution in [3.63, 3.8) is 0 Å². The maximum Gasteiger partial charge on any atom is 0.243 e. The van der Waals surface area contributed by atoms with Crippen LogP contribution in [0.5, 0.6) is 5.75 Å². The van der Waals surface area contributed by atoms with Crippen LogP contribution in [-0.2, 0) is 32.0 Å². The Hall–Kier alpha value is -3.92. The number of hydrogen-bond donors (Lipinski definition) is 5. The van der Waals surface area contributed by atoms with Gasteiger partial charge in [-0.1, -0.05) is 56.3 Å². The van der Waals surface area contributed by atoms with E-state index in [9.17, 15) is 24.3 Å². The number of phenols is 1. The molecule has 0 bridgehead atoms. The first-order chi connectivity index (χ1) is 18.5. The standard InChI is InChI=1S/C29H39N5O5/c1-18(2)15-23(26(31)36)32-27(37)24(17-19-7-4-3-5-8-19)33-28(38)25-9-6-14-34(25)29(39)22(30)16-20-10-12-21(35)13-11-20/h3-5,7-8,10-13,18,22-25,35H,6,9,14-17,30H2,1-2H3,(H2,31,36)(H,32,37)(H,33,38)/t22-,23+,24-,25-/m0/s1. The number of nitrogens with zero attached hydrogens (tertiary/aromatic N) is 1. The van der Waals surface area contributed by atoms with Crippen molar-refractivity contribution in [1.29, 1.82) is 0 Å². The van der Waals surface area contributed by atoms with Crippen LogP contribution in [0.4, 0.5) is 0 Å². The van der Waals surface area contributed by atoms with Gasteiger partial charge >= 0.3 is 0 Å². The molecule has 210 valence electrons. The average Bonchev–Trinajstić information content (AvgIpc) is 3.39. The van der Waals surface area contributed by atoms with Gasteiger partial charge < -0.3 is 32.1 Å². The van der Waals surface area contributed by atoms with Crippen molar-refractivity contribution in [1.82, 2.24) is 15.5 Å². The number of nitrogens with one attached hydrogen (secondary N) is 2. The summed E-state index contributed by atoms with van der Waals surface area (Å²) in [5.74, 6) is -1.72. The quantitative estimate of drug-likeness (QED) is 0.271.